The number of carbonyl (C=O) groups excluding carboxylic acids is 1. The van der Waals surface area contributed by atoms with E-state index in [2.05, 4.69) is 15.2 Å². The maximum atomic E-state index is 11.8. The van der Waals surface area contributed by atoms with E-state index in [0.717, 1.165) is 5.56 Å². The van der Waals surface area contributed by atoms with Gasteiger partial charge < -0.3 is 10.5 Å². The van der Waals surface area contributed by atoms with Crippen LogP contribution in [0.3, 0.4) is 0 Å². The molecule has 0 unspecified atom stereocenters. The van der Waals surface area contributed by atoms with Crippen LogP contribution in [0.5, 0.6) is 0 Å². The van der Waals surface area contributed by atoms with Crippen LogP contribution >= 0.6 is 11.8 Å². The summed E-state index contributed by atoms with van der Waals surface area (Å²) in [5.74, 6) is -0.0791. The molecule has 0 aliphatic rings. The van der Waals surface area contributed by atoms with E-state index in [1.54, 1.807) is 6.92 Å². The standard InChI is InChI=1S/C12H14N4O2S/c1-8(19-12-14-11(13)15-16-12)10(17)18-7-9-5-3-2-4-6-9/h2-6,8H,7H2,1H3,(H3,13,14,15,16)/t8-/m1/s1. The quantitative estimate of drug-likeness (QED) is 0.637. The molecular weight excluding hydrogens is 264 g/mol. The third-order valence-corrected chi connectivity index (χ3v) is 3.26. The predicted octanol–water partition coefficient (Wildman–Crippen LogP) is 1.61. The van der Waals surface area contributed by atoms with E-state index < -0.39 is 0 Å². The average Bonchev–Trinajstić information content (AvgIpc) is 2.82. The first-order valence-corrected chi connectivity index (χ1v) is 6.58. The molecular formula is C12H14N4O2S. The zero-order chi connectivity index (χ0) is 13.7. The van der Waals surface area contributed by atoms with Crippen molar-refractivity contribution in [3.8, 4) is 0 Å². The van der Waals surface area contributed by atoms with E-state index in [-0.39, 0.29) is 23.8 Å². The summed E-state index contributed by atoms with van der Waals surface area (Å²) in [7, 11) is 0. The molecule has 0 saturated carbocycles. The summed E-state index contributed by atoms with van der Waals surface area (Å²) in [4.78, 5) is 15.7. The first-order chi connectivity index (χ1) is 9.15. The molecule has 0 bridgehead atoms. The molecule has 1 aromatic carbocycles. The summed E-state index contributed by atoms with van der Waals surface area (Å²) in [6.07, 6.45) is 0. The summed E-state index contributed by atoms with van der Waals surface area (Å²) in [5, 5.41) is 6.41. The molecule has 0 aliphatic carbocycles. The Bertz CT molecular complexity index is 544. The van der Waals surface area contributed by atoms with Gasteiger partial charge in [0.1, 0.15) is 11.9 Å². The van der Waals surface area contributed by atoms with Crippen molar-refractivity contribution in [3.63, 3.8) is 0 Å². The highest BCUT2D eigenvalue weighted by Gasteiger charge is 2.18. The Morgan fingerprint density at radius 2 is 2.21 bits per heavy atom. The van der Waals surface area contributed by atoms with Gasteiger partial charge in [-0.3, -0.25) is 4.79 Å². The van der Waals surface area contributed by atoms with Gasteiger partial charge in [-0.05, 0) is 12.5 Å². The van der Waals surface area contributed by atoms with E-state index in [9.17, 15) is 4.79 Å². The number of nitrogens with one attached hydrogen (secondary N) is 1. The minimum Gasteiger partial charge on any atom is -0.460 e. The van der Waals surface area contributed by atoms with Crippen LogP contribution in [0.25, 0.3) is 0 Å². The first kappa shape index (κ1) is 13.4. The molecule has 1 atom stereocenters. The Morgan fingerprint density at radius 3 is 2.84 bits per heavy atom. The van der Waals surface area contributed by atoms with Gasteiger partial charge in [-0.2, -0.15) is 4.98 Å². The molecule has 0 aliphatic heterocycles. The predicted molar refractivity (Wildman–Crippen MR) is 72.4 cm³/mol. The van der Waals surface area contributed by atoms with E-state index in [1.165, 1.54) is 11.8 Å². The first-order valence-electron chi connectivity index (χ1n) is 5.70. The van der Waals surface area contributed by atoms with Gasteiger partial charge in [0.25, 0.3) is 0 Å². The lowest BCUT2D eigenvalue weighted by Gasteiger charge is -2.09. The van der Waals surface area contributed by atoms with Gasteiger partial charge in [0.05, 0.1) is 0 Å². The minimum absolute atomic E-state index is 0.229. The van der Waals surface area contributed by atoms with Gasteiger partial charge in [0, 0.05) is 0 Å². The van der Waals surface area contributed by atoms with Crippen LogP contribution in [-0.2, 0) is 16.1 Å². The molecule has 100 valence electrons. The zero-order valence-electron chi connectivity index (χ0n) is 10.4. The molecule has 1 heterocycles. The van der Waals surface area contributed by atoms with Crippen LogP contribution in [0, 0.1) is 0 Å². The van der Waals surface area contributed by atoms with Crippen LogP contribution in [0.4, 0.5) is 5.95 Å². The highest BCUT2D eigenvalue weighted by Crippen LogP contribution is 2.20. The molecule has 0 saturated heterocycles. The number of hydrogen-bond acceptors (Lipinski definition) is 6. The fraction of sp³-hybridized carbons (Fsp3) is 0.250. The highest BCUT2D eigenvalue weighted by molar-refractivity contribution is 8.00. The highest BCUT2D eigenvalue weighted by atomic mass is 32.2. The van der Waals surface area contributed by atoms with Crippen LogP contribution in [0.15, 0.2) is 35.5 Å². The summed E-state index contributed by atoms with van der Waals surface area (Å²) < 4.78 is 5.21. The number of aromatic amines is 1. The van der Waals surface area contributed by atoms with E-state index in [4.69, 9.17) is 10.5 Å². The third kappa shape index (κ3) is 3.99. The van der Waals surface area contributed by atoms with E-state index >= 15 is 0 Å². The number of nitrogens with two attached hydrogens (primary N) is 1. The maximum absolute atomic E-state index is 11.8. The number of esters is 1. The van der Waals surface area contributed by atoms with Crippen molar-refractivity contribution in [2.24, 2.45) is 0 Å². The normalized spacial score (nSPS) is 12.1. The number of thioether (sulfide) groups is 1. The molecule has 0 amide bonds. The zero-order valence-corrected chi connectivity index (χ0v) is 11.2. The number of nitrogen functional groups attached to an aromatic ring is 1. The topological polar surface area (TPSA) is 93.9 Å². The van der Waals surface area contributed by atoms with Crippen LogP contribution in [0.2, 0.25) is 0 Å². The van der Waals surface area contributed by atoms with Gasteiger partial charge in [0.2, 0.25) is 11.1 Å². The van der Waals surface area contributed by atoms with E-state index in [1.807, 2.05) is 30.3 Å². The molecule has 19 heavy (non-hydrogen) atoms. The number of anilines is 1. The molecule has 6 nitrogen and oxygen atoms in total. The van der Waals surface area contributed by atoms with Crippen LogP contribution < -0.4 is 5.73 Å². The van der Waals surface area contributed by atoms with Crippen LogP contribution in [-0.4, -0.2) is 26.4 Å². The summed E-state index contributed by atoms with van der Waals surface area (Å²) in [6, 6.07) is 9.52. The Morgan fingerprint density at radius 1 is 1.47 bits per heavy atom. The fourth-order valence-corrected chi connectivity index (χ4v) is 2.09. The van der Waals surface area contributed by atoms with Crippen molar-refractivity contribution < 1.29 is 9.53 Å². The fourth-order valence-electron chi connectivity index (χ4n) is 1.36. The molecule has 0 fully saturated rings. The smallest absolute Gasteiger partial charge is 0.319 e. The van der Waals surface area contributed by atoms with Crippen molar-refractivity contribution in [2.45, 2.75) is 23.9 Å². The molecule has 2 aromatic rings. The third-order valence-electron chi connectivity index (χ3n) is 2.32. The second-order valence-electron chi connectivity index (χ2n) is 3.86. The van der Waals surface area contributed by atoms with Gasteiger partial charge in [-0.1, -0.05) is 42.1 Å². The molecule has 3 N–H and O–H groups in total. The number of benzene rings is 1. The van der Waals surface area contributed by atoms with Gasteiger partial charge >= 0.3 is 5.97 Å². The van der Waals surface area contributed by atoms with Gasteiger partial charge in [-0.15, -0.1) is 5.10 Å². The van der Waals surface area contributed by atoms with Crippen molar-refractivity contribution in [2.75, 3.05) is 5.73 Å². The van der Waals surface area contributed by atoms with E-state index in [0.29, 0.717) is 5.16 Å². The SMILES string of the molecule is C[C@@H](Sc1n[nH]c(N)n1)C(=O)OCc1ccccc1. The average molecular weight is 278 g/mol. The lowest BCUT2D eigenvalue weighted by Crippen LogP contribution is -2.16. The second kappa shape index (κ2) is 6.24. The molecule has 2 rings (SSSR count). The molecule has 0 radical (unpaired) electrons. The number of carbonyl (C=O) groups is 1. The summed E-state index contributed by atoms with van der Waals surface area (Å²) >= 11 is 1.20. The molecule has 7 heteroatoms. The van der Waals surface area contributed by atoms with Crippen molar-refractivity contribution in [1.29, 1.82) is 0 Å². The van der Waals surface area contributed by atoms with Crippen molar-refractivity contribution in [1.82, 2.24) is 15.2 Å². The summed E-state index contributed by atoms with van der Waals surface area (Å²) in [6.45, 7) is 2.01. The number of nitrogens with zero attached hydrogens (tertiary/aromatic N) is 2. The number of ether oxygens (including phenoxy) is 1. The van der Waals surface area contributed by atoms with Crippen LogP contribution in [0.1, 0.15) is 12.5 Å². The monoisotopic (exact) mass is 278 g/mol. The Kier molecular flexibility index (Phi) is 4.40. The summed E-state index contributed by atoms with van der Waals surface area (Å²) in [5.41, 5.74) is 6.36. The number of rotatable bonds is 5. The number of aromatic nitrogens is 3. The van der Waals surface area contributed by atoms with Crippen molar-refractivity contribution in [3.05, 3.63) is 35.9 Å². The number of H-pyrrole nitrogens is 1. The van der Waals surface area contributed by atoms with Gasteiger partial charge in [0.15, 0.2) is 0 Å². The Hall–Kier alpha value is -2.02. The Balaban J connectivity index is 1.82. The van der Waals surface area contributed by atoms with Crippen molar-refractivity contribution >= 4 is 23.7 Å². The van der Waals surface area contributed by atoms with Gasteiger partial charge in [-0.25, -0.2) is 5.10 Å². The Labute approximate surface area is 114 Å². The molecule has 1 aromatic heterocycles. The largest absolute Gasteiger partial charge is 0.460 e. The molecule has 0 spiro atoms. The number of hydrogen-bond donors (Lipinski definition) is 2. The lowest BCUT2D eigenvalue weighted by molar-refractivity contribution is -0.143. The second-order valence-corrected chi connectivity index (χ2v) is 5.16. The lowest BCUT2D eigenvalue weighted by atomic mass is 10.2. The minimum atomic E-state index is -0.390. The maximum Gasteiger partial charge on any atom is 0.319 e.